The number of aromatic nitrogens is 1. The second-order valence-corrected chi connectivity index (χ2v) is 6.62. The highest BCUT2D eigenvalue weighted by molar-refractivity contribution is 5.98. The molecule has 0 atom stereocenters. The first-order valence-electron chi connectivity index (χ1n) is 8.77. The Balaban J connectivity index is 1.41. The van der Waals surface area contributed by atoms with Crippen LogP contribution in [0.3, 0.4) is 0 Å². The SMILES string of the molecule is O=C(CCC(=O)N1CCc2[nH]c3ccccc3c2C1)c1ccc(F)cc1. The molecule has 1 N–H and O–H groups in total. The summed E-state index contributed by atoms with van der Waals surface area (Å²) in [5.41, 5.74) is 3.90. The van der Waals surface area contributed by atoms with Crippen molar-refractivity contribution in [3.05, 3.63) is 71.2 Å². The molecule has 0 unspecified atom stereocenters. The van der Waals surface area contributed by atoms with Gasteiger partial charge in [0.2, 0.25) is 5.91 Å². The maximum atomic E-state index is 12.9. The van der Waals surface area contributed by atoms with Crippen LogP contribution in [-0.2, 0) is 17.8 Å². The van der Waals surface area contributed by atoms with Crippen LogP contribution in [0.5, 0.6) is 0 Å². The van der Waals surface area contributed by atoms with Crippen LogP contribution in [0.15, 0.2) is 48.5 Å². The minimum absolute atomic E-state index is 0.0172. The molecular weight excluding hydrogens is 331 g/mol. The van der Waals surface area contributed by atoms with Crippen LogP contribution < -0.4 is 0 Å². The number of benzene rings is 2. The molecule has 4 nitrogen and oxygen atoms in total. The van der Waals surface area contributed by atoms with Crippen molar-refractivity contribution in [2.45, 2.75) is 25.8 Å². The van der Waals surface area contributed by atoms with Gasteiger partial charge in [-0.3, -0.25) is 9.59 Å². The Morgan fingerprint density at radius 2 is 1.81 bits per heavy atom. The van der Waals surface area contributed by atoms with E-state index in [9.17, 15) is 14.0 Å². The number of rotatable bonds is 4. The van der Waals surface area contributed by atoms with E-state index >= 15 is 0 Å². The fourth-order valence-corrected chi connectivity index (χ4v) is 3.54. The Morgan fingerprint density at radius 1 is 1.04 bits per heavy atom. The van der Waals surface area contributed by atoms with Gasteiger partial charge in [-0.1, -0.05) is 18.2 Å². The predicted octanol–water partition coefficient (Wildman–Crippen LogP) is 3.85. The normalized spacial score (nSPS) is 13.7. The molecule has 1 aromatic heterocycles. The van der Waals surface area contributed by atoms with Crippen LogP contribution in [0.25, 0.3) is 10.9 Å². The maximum absolute atomic E-state index is 12.9. The number of H-pyrrole nitrogens is 1. The number of carbonyl (C=O) groups excluding carboxylic acids is 2. The Kier molecular flexibility index (Phi) is 4.29. The van der Waals surface area contributed by atoms with E-state index in [0.29, 0.717) is 18.7 Å². The van der Waals surface area contributed by atoms with Gasteiger partial charge in [0.15, 0.2) is 5.78 Å². The van der Waals surface area contributed by atoms with Gasteiger partial charge in [-0.2, -0.15) is 0 Å². The molecule has 1 aliphatic heterocycles. The smallest absolute Gasteiger partial charge is 0.223 e. The van der Waals surface area contributed by atoms with Gasteiger partial charge < -0.3 is 9.88 Å². The maximum Gasteiger partial charge on any atom is 0.223 e. The van der Waals surface area contributed by atoms with Gasteiger partial charge in [-0.05, 0) is 30.3 Å². The van der Waals surface area contributed by atoms with Gasteiger partial charge in [0, 0.05) is 60.1 Å². The summed E-state index contributed by atoms with van der Waals surface area (Å²) >= 11 is 0. The summed E-state index contributed by atoms with van der Waals surface area (Å²) in [6, 6.07) is 13.5. The summed E-state index contributed by atoms with van der Waals surface area (Å²) in [6.45, 7) is 1.23. The highest BCUT2D eigenvalue weighted by atomic mass is 19.1. The zero-order valence-corrected chi connectivity index (χ0v) is 14.3. The van der Waals surface area contributed by atoms with Crippen molar-refractivity contribution in [1.29, 1.82) is 0 Å². The van der Waals surface area contributed by atoms with Crippen molar-refractivity contribution in [2.24, 2.45) is 0 Å². The number of nitrogens with one attached hydrogen (secondary N) is 1. The summed E-state index contributed by atoms with van der Waals surface area (Å²) in [5.74, 6) is -0.528. The number of carbonyl (C=O) groups is 2. The number of hydrogen-bond acceptors (Lipinski definition) is 2. The molecule has 2 aromatic carbocycles. The average molecular weight is 350 g/mol. The molecule has 1 aliphatic rings. The Labute approximate surface area is 150 Å². The van der Waals surface area contributed by atoms with Gasteiger partial charge in [0.05, 0.1) is 0 Å². The fourth-order valence-electron chi connectivity index (χ4n) is 3.54. The number of fused-ring (bicyclic) bond motifs is 3. The molecule has 4 rings (SSSR count). The van der Waals surface area contributed by atoms with Crippen molar-refractivity contribution in [1.82, 2.24) is 9.88 Å². The number of aromatic amines is 1. The van der Waals surface area contributed by atoms with E-state index in [4.69, 9.17) is 0 Å². The molecule has 0 saturated heterocycles. The third kappa shape index (κ3) is 3.12. The summed E-state index contributed by atoms with van der Waals surface area (Å²) in [7, 11) is 0. The monoisotopic (exact) mass is 350 g/mol. The third-order valence-electron chi connectivity index (χ3n) is 4.97. The lowest BCUT2D eigenvalue weighted by molar-refractivity contribution is -0.132. The fraction of sp³-hybridized carbons (Fsp3) is 0.238. The highest BCUT2D eigenvalue weighted by Gasteiger charge is 2.24. The Hall–Kier alpha value is -2.95. The first-order chi connectivity index (χ1) is 12.6. The molecular formula is C21H19FN2O2. The van der Waals surface area contributed by atoms with Crippen molar-refractivity contribution in [3.8, 4) is 0 Å². The standard InChI is InChI=1S/C21H19FN2O2/c22-15-7-5-14(6-8-15)20(25)9-10-21(26)24-12-11-19-17(13-24)16-3-1-2-4-18(16)23-19/h1-8,23H,9-13H2. The van der Waals surface area contributed by atoms with E-state index in [1.807, 2.05) is 23.1 Å². The summed E-state index contributed by atoms with van der Waals surface area (Å²) in [5, 5.41) is 1.15. The number of para-hydroxylation sites is 1. The van der Waals surface area contributed by atoms with Crippen LogP contribution in [0.1, 0.15) is 34.5 Å². The van der Waals surface area contributed by atoms with Gasteiger partial charge in [0.1, 0.15) is 5.82 Å². The molecule has 0 bridgehead atoms. The number of amides is 1. The lowest BCUT2D eigenvalue weighted by Gasteiger charge is -2.27. The topological polar surface area (TPSA) is 53.2 Å². The van der Waals surface area contributed by atoms with E-state index in [2.05, 4.69) is 11.1 Å². The van der Waals surface area contributed by atoms with Crippen molar-refractivity contribution in [2.75, 3.05) is 6.54 Å². The first-order valence-corrected chi connectivity index (χ1v) is 8.77. The molecule has 0 saturated carbocycles. The van der Waals surface area contributed by atoms with Crippen LogP contribution >= 0.6 is 0 Å². The van der Waals surface area contributed by atoms with Crippen LogP contribution in [0, 0.1) is 5.82 Å². The highest BCUT2D eigenvalue weighted by Crippen LogP contribution is 2.27. The van der Waals surface area contributed by atoms with Gasteiger partial charge in [0.25, 0.3) is 0 Å². The number of nitrogens with zero attached hydrogens (tertiary/aromatic N) is 1. The van der Waals surface area contributed by atoms with Gasteiger partial charge in [-0.25, -0.2) is 4.39 Å². The number of Topliss-reactive ketones (excluding diaryl/α,β-unsaturated/α-hetero) is 1. The minimum Gasteiger partial charge on any atom is -0.358 e. The van der Waals surface area contributed by atoms with E-state index in [-0.39, 0.29) is 30.3 Å². The molecule has 26 heavy (non-hydrogen) atoms. The summed E-state index contributed by atoms with van der Waals surface area (Å²) < 4.78 is 12.9. The molecule has 0 aliphatic carbocycles. The second kappa shape index (κ2) is 6.75. The lowest BCUT2D eigenvalue weighted by atomic mass is 10.0. The van der Waals surface area contributed by atoms with Crippen LogP contribution in [0.4, 0.5) is 4.39 Å². The van der Waals surface area contributed by atoms with Gasteiger partial charge in [-0.15, -0.1) is 0 Å². The zero-order chi connectivity index (χ0) is 18.1. The van der Waals surface area contributed by atoms with Crippen molar-refractivity contribution >= 4 is 22.6 Å². The quantitative estimate of drug-likeness (QED) is 0.727. The number of ketones is 1. The average Bonchev–Trinajstić information content (AvgIpc) is 3.04. The minimum atomic E-state index is -0.375. The van der Waals surface area contributed by atoms with E-state index in [1.54, 1.807) is 0 Å². The van der Waals surface area contributed by atoms with Crippen LogP contribution in [-0.4, -0.2) is 28.1 Å². The molecule has 3 aromatic rings. The molecule has 2 heterocycles. The largest absolute Gasteiger partial charge is 0.358 e. The summed E-state index contributed by atoms with van der Waals surface area (Å²) in [4.78, 5) is 30.0. The molecule has 5 heteroatoms. The Morgan fingerprint density at radius 3 is 2.62 bits per heavy atom. The van der Waals surface area contributed by atoms with Crippen molar-refractivity contribution in [3.63, 3.8) is 0 Å². The first kappa shape index (κ1) is 16.5. The molecule has 0 fully saturated rings. The second-order valence-electron chi connectivity index (χ2n) is 6.62. The van der Waals surface area contributed by atoms with E-state index in [0.717, 1.165) is 17.3 Å². The zero-order valence-electron chi connectivity index (χ0n) is 14.3. The molecule has 0 radical (unpaired) electrons. The molecule has 132 valence electrons. The molecule has 1 amide bonds. The number of hydrogen-bond donors (Lipinski definition) is 1. The predicted molar refractivity (Wildman–Crippen MR) is 97.4 cm³/mol. The number of halogens is 1. The summed E-state index contributed by atoms with van der Waals surface area (Å²) in [6.07, 6.45) is 1.11. The Bertz CT molecular complexity index is 975. The lowest BCUT2D eigenvalue weighted by Crippen LogP contribution is -2.35. The molecule has 0 spiro atoms. The van der Waals surface area contributed by atoms with Crippen molar-refractivity contribution < 1.29 is 14.0 Å². The van der Waals surface area contributed by atoms with E-state index < -0.39 is 0 Å². The third-order valence-corrected chi connectivity index (χ3v) is 4.97. The van der Waals surface area contributed by atoms with Crippen LogP contribution in [0.2, 0.25) is 0 Å². The van der Waals surface area contributed by atoms with E-state index in [1.165, 1.54) is 35.5 Å². The van der Waals surface area contributed by atoms with Gasteiger partial charge >= 0.3 is 0 Å².